The molecule has 55 heavy (non-hydrogen) atoms. The van der Waals surface area contributed by atoms with Crippen LogP contribution in [0.5, 0.6) is 0 Å². The van der Waals surface area contributed by atoms with Gasteiger partial charge in [0.1, 0.15) is 11.2 Å². The van der Waals surface area contributed by atoms with Crippen LogP contribution in [-0.2, 0) is 24.7 Å². The first-order valence-electron chi connectivity index (χ1n) is 17.8. The summed E-state index contributed by atoms with van der Waals surface area (Å²) in [6.07, 6.45) is 0.724. The molecule has 0 spiro atoms. The molecule has 2 amide bonds. The Morgan fingerprint density at radius 2 is 1.64 bits per heavy atom. The molecule has 2 aromatic heterocycles. The number of hydrogen-bond donors (Lipinski definition) is 5. The van der Waals surface area contributed by atoms with Crippen LogP contribution in [-0.4, -0.2) is 108 Å². The van der Waals surface area contributed by atoms with Crippen LogP contribution in [0.4, 0.5) is 16.6 Å². The highest BCUT2D eigenvalue weighted by atomic mass is 35.5. The number of esters is 1. The summed E-state index contributed by atoms with van der Waals surface area (Å²) in [5.74, 6) is -0.901. The molecular formula is C37H44Cl2N8O8. The van der Waals surface area contributed by atoms with Crippen molar-refractivity contribution in [3.63, 3.8) is 0 Å². The number of anilines is 2. The summed E-state index contributed by atoms with van der Waals surface area (Å²) in [5.41, 5.74) is -0.474. The van der Waals surface area contributed by atoms with E-state index in [9.17, 15) is 29.8 Å². The van der Waals surface area contributed by atoms with Crippen molar-refractivity contribution in [3.05, 3.63) is 76.0 Å². The minimum absolute atomic E-state index is 0.0368. The molecule has 6 rings (SSSR count). The highest BCUT2D eigenvalue weighted by Crippen LogP contribution is 2.37. The Hall–Kier alpha value is -4.74. The summed E-state index contributed by atoms with van der Waals surface area (Å²) in [6, 6.07) is 12.0. The van der Waals surface area contributed by atoms with E-state index in [1.807, 2.05) is 4.90 Å². The molecule has 18 heteroatoms. The zero-order valence-electron chi connectivity index (χ0n) is 30.8. The van der Waals surface area contributed by atoms with Gasteiger partial charge in [0, 0.05) is 30.1 Å². The second-order valence-electron chi connectivity index (χ2n) is 14.8. The van der Waals surface area contributed by atoms with Crippen molar-refractivity contribution in [1.82, 2.24) is 29.9 Å². The third-order valence-corrected chi connectivity index (χ3v) is 10.1. The third kappa shape index (κ3) is 9.22. The number of hydrogen-bond acceptors (Lipinski definition) is 13. The molecule has 1 aliphatic heterocycles. The minimum Gasteiger partial charge on any atom is -0.456 e. The first-order chi connectivity index (χ1) is 26.0. The van der Waals surface area contributed by atoms with Crippen LogP contribution >= 0.6 is 23.2 Å². The summed E-state index contributed by atoms with van der Waals surface area (Å²) in [5, 5.41) is 42.0. The Morgan fingerprint density at radius 3 is 2.24 bits per heavy atom. The van der Waals surface area contributed by atoms with Gasteiger partial charge >= 0.3 is 12.1 Å². The number of nitrogens with one attached hydrogen (secondary N) is 2. The summed E-state index contributed by atoms with van der Waals surface area (Å²) in [4.78, 5) is 52.6. The second-order valence-corrected chi connectivity index (χ2v) is 15.7. The predicted octanol–water partition coefficient (Wildman–Crippen LogP) is 4.43. The Morgan fingerprint density at radius 1 is 1.00 bits per heavy atom. The molecule has 1 saturated carbocycles. The van der Waals surface area contributed by atoms with Crippen molar-refractivity contribution in [1.29, 1.82) is 0 Å². The van der Waals surface area contributed by atoms with Gasteiger partial charge in [0.25, 0.3) is 5.91 Å². The molecule has 0 radical (unpaired) electrons. The first-order valence-corrected chi connectivity index (χ1v) is 18.6. The van der Waals surface area contributed by atoms with Crippen molar-refractivity contribution < 1.29 is 39.3 Å². The monoisotopic (exact) mass is 798 g/mol. The van der Waals surface area contributed by atoms with Gasteiger partial charge in [-0.1, -0.05) is 47.5 Å². The maximum absolute atomic E-state index is 12.6. The molecule has 4 aromatic rings. The molecule has 2 aromatic carbocycles. The van der Waals surface area contributed by atoms with E-state index in [0.717, 1.165) is 6.92 Å². The number of nitrogens with zero attached hydrogens (tertiary/aromatic N) is 6. The Balaban J connectivity index is 1.34. The fraction of sp³-hybridized carbons (Fsp3) is 0.459. The number of rotatable bonds is 11. The fourth-order valence-corrected chi connectivity index (χ4v) is 7.13. The van der Waals surface area contributed by atoms with Crippen molar-refractivity contribution >= 4 is 64.1 Å². The largest absolute Gasteiger partial charge is 0.456 e. The van der Waals surface area contributed by atoms with Crippen molar-refractivity contribution in [2.75, 3.05) is 36.5 Å². The lowest BCUT2D eigenvalue weighted by molar-refractivity contribution is -0.182. The van der Waals surface area contributed by atoms with Gasteiger partial charge in [-0.25, -0.2) is 14.8 Å². The van der Waals surface area contributed by atoms with Crippen molar-refractivity contribution in [2.24, 2.45) is 0 Å². The highest BCUT2D eigenvalue weighted by molar-refractivity contribution is 6.30. The number of hydroxylamine groups is 2. The normalized spacial score (nSPS) is 20.1. The standard InChI is InChI=1S/C37H44Cl2N8O8/c1-21(48)54-18-30(50)47(53)27-15-28(29(49)16-27)46-20-41-31-32(40-19-37(52,22-5-9-24(38)10-6-22)23-7-11-25(39)12-8-23)43-34(44-33(31)46)45-14-13-26(17-45)42-35(51)55-36(2,3)4/h5-12,20,26-29,49,52-53H,13-19H2,1-4H3,(H,42,51)(H,40,43,44)/t26?,27?,28-,29+/m1/s1. The van der Waals surface area contributed by atoms with Gasteiger partial charge in [-0.05, 0) is 75.4 Å². The zero-order chi connectivity index (χ0) is 39.7. The van der Waals surface area contributed by atoms with Crippen molar-refractivity contribution in [3.8, 4) is 0 Å². The van der Waals surface area contributed by atoms with Crippen LogP contribution in [0.3, 0.4) is 0 Å². The number of benzene rings is 2. The van der Waals surface area contributed by atoms with Crippen LogP contribution < -0.4 is 15.5 Å². The SMILES string of the molecule is CC(=O)OCC(=O)N(O)C1C[C@@H](n2cnc3c(NCC(O)(c4ccc(Cl)cc4)c4ccc(Cl)cc4)nc(N4CCC(NC(=O)OC(C)(C)C)C4)nc32)[C@@H](O)C1. The van der Waals surface area contributed by atoms with Gasteiger partial charge < -0.3 is 39.8 Å². The smallest absolute Gasteiger partial charge is 0.407 e. The minimum atomic E-state index is -1.59. The number of carbonyl (C=O) groups excluding carboxylic acids is 3. The Labute approximate surface area is 327 Å². The molecular weight excluding hydrogens is 755 g/mol. The van der Waals surface area contributed by atoms with Crippen LogP contribution in [0.2, 0.25) is 10.0 Å². The lowest BCUT2D eigenvalue weighted by Crippen LogP contribution is -2.40. The molecule has 2 fully saturated rings. The number of halogens is 2. The molecule has 2 aliphatic rings. The van der Waals surface area contributed by atoms with E-state index in [0.29, 0.717) is 62.9 Å². The molecule has 5 N–H and O–H groups in total. The molecule has 1 saturated heterocycles. The van der Waals surface area contributed by atoms with Crippen LogP contribution in [0.15, 0.2) is 54.9 Å². The number of aliphatic hydroxyl groups is 2. The number of fused-ring (bicyclic) bond motifs is 1. The summed E-state index contributed by atoms with van der Waals surface area (Å²) in [7, 11) is 0. The van der Waals surface area contributed by atoms with Gasteiger partial charge in [-0.3, -0.25) is 14.8 Å². The topological polar surface area (TPSA) is 204 Å². The van der Waals surface area contributed by atoms with E-state index < -0.39 is 54.0 Å². The molecule has 16 nitrogen and oxygen atoms in total. The van der Waals surface area contributed by atoms with Gasteiger partial charge in [0.15, 0.2) is 23.6 Å². The van der Waals surface area contributed by atoms with E-state index in [4.69, 9.17) is 42.6 Å². The molecule has 1 aliphatic carbocycles. The number of carbonyl (C=O) groups is 3. The van der Waals surface area contributed by atoms with E-state index in [1.165, 1.54) is 6.33 Å². The lowest BCUT2D eigenvalue weighted by atomic mass is 9.86. The number of aliphatic hydroxyl groups excluding tert-OH is 1. The number of ether oxygens (including phenoxy) is 2. The summed E-state index contributed by atoms with van der Waals surface area (Å²) in [6.45, 7) is 6.68. The van der Waals surface area contributed by atoms with Crippen LogP contribution in [0.25, 0.3) is 11.2 Å². The number of alkyl carbamates (subject to hydrolysis) is 1. The van der Waals surface area contributed by atoms with Crippen molar-refractivity contribution in [2.45, 2.75) is 82.4 Å². The average molecular weight is 800 g/mol. The molecule has 0 bridgehead atoms. The third-order valence-electron chi connectivity index (χ3n) is 9.59. The maximum Gasteiger partial charge on any atom is 0.407 e. The van der Waals surface area contributed by atoms with E-state index in [2.05, 4.69) is 15.6 Å². The van der Waals surface area contributed by atoms with Crippen LogP contribution in [0.1, 0.15) is 64.1 Å². The zero-order valence-corrected chi connectivity index (χ0v) is 32.3. The van der Waals surface area contributed by atoms with E-state index >= 15 is 0 Å². The fourth-order valence-electron chi connectivity index (χ4n) is 6.88. The lowest BCUT2D eigenvalue weighted by Gasteiger charge is -2.30. The predicted molar refractivity (Wildman–Crippen MR) is 203 cm³/mol. The molecule has 2 unspecified atom stereocenters. The molecule has 294 valence electrons. The quantitative estimate of drug-likeness (QED) is 0.0811. The summed E-state index contributed by atoms with van der Waals surface area (Å²) < 4.78 is 11.9. The van der Waals surface area contributed by atoms with Gasteiger partial charge in [0.05, 0.1) is 37.1 Å². The first kappa shape index (κ1) is 39.9. The van der Waals surface area contributed by atoms with E-state index in [1.54, 1.807) is 73.9 Å². The second kappa shape index (κ2) is 16.2. The number of amides is 2. The Kier molecular flexibility index (Phi) is 11.7. The number of aromatic nitrogens is 4. The number of imidazole rings is 1. The van der Waals surface area contributed by atoms with Crippen LogP contribution in [0, 0.1) is 0 Å². The average Bonchev–Trinajstić information content (AvgIpc) is 3.87. The molecule has 4 atom stereocenters. The van der Waals surface area contributed by atoms with Gasteiger partial charge in [0.2, 0.25) is 5.95 Å². The van der Waals surface area contributed by atoms with Gasteiger partial charge in [-0.2, -0.15) is 9.97 Å². The summed E-state index contributed by atoms with van der Waals surface area (Å²) >= 11 is 12.4. The maximum atomic E-state index is 12.6. The van der Waals surface area contributed by atoms with Gasteiger partial charge in [-0.15, -0.1) is 0 Å². The molecule has 3 heterocycles. The highest BCUT2D eigenvalue weighted by Gasteiger charge is 2.40. The Bertz CT molecular complexity index is 1980. The van der Waals surface area contributed by atoms with E-state index in [-0.39, 0.29) is 31.2 Å².